The van der Waals surface area contributed by atoms with Gasteiger partial charge in [-0.2, -0.15) is 0 Å². The van der Waals surface area contributed by atoms with E-state index in [1.807, 2.05) is 0 Å². The largest absolute Gasteiger partial charge is 0.309 e. The van der Waals surface area contributed by atoms with Gasteiger partial charge in [-0.25, -0.2) is 0 Å². The van der Waals surface area contributed by atoms with Crippen molar-refractivity contribution in [3.05, 3.63) is 162 Å². The summed E-state index contributed by atoms with van der Waals surface area (Å²) in [6.07, 6.45) is 0. The van der Waals surface area contributed by atoms with Gasteiger partial charge in [0.2, 0.25) is 0 Å². The van der Waals surface area contributed by atoms with Crippen molar-refractivity contribution in [3.8, 4) is 22.3 Å². The number of para-hydroxylation sites is 1. The molecule has 1 heteroatoms. The molecule has 0 aliphatic carbocycles. The Hall–Kier alpha value is -5.14. The van der Waals surface area contributed by atoms with Crippen LogP contribution in [0, 0.1) is 0 Å². The van der Waals surface area contributed by atoms with Crippen LogP contribution in [0.2, 0.25) is 0 Å². The number of benzene rings is 7. The van der Waals surface area contributed by atoms with Crippen LogP contribution in [-0.2, 0) is 16.2 Å². The van der Waals surface area contributed by atoms with E-state index in [0.717, 1.165) is 17.1 Å². The summed E-state index contributed by atoms with van der Waals surface area (Å²) in [5, 5.41) is 4.97. The zero-order valence-electron chi connectivity index (χ0n) is 31.8. The van der Waals surface area contributed by atoms with E-state index in [1.165, 1.54) is 60.5 Å². The lowest BCUT2D eigenvalue weighted by atomic mass is 9.78. The van der Waals surface area contributed by atoms with E-state index < -0.39 is 0 Å². The average Bonchev–Trinajstić information content (AvgIpc) is 3.10. The van der Waals surface area contributed by atoms with Gasteiger partial charge in [-0.15, -0.1) is 0 Å². The van der Waals surface area contributed by atoms with Crippen LogP contribution < -0.4 is 4.90 Å². The van der Waals surface area contributed by atoms with Gasteiger partial charge in [0.25, 0.3) is 0 Å². The molecule has 0 fully saturated rings. The van der Waals surface area contributed by atoms with Crippen molar-refractivity contribution in [2.75, 3.05) is 4.90 Å². The van der Waals surface area contributed by atoms with Crippen LogP contribution in [-0.4, -0.2) is 0 Å². The first-order valence-electron chi connectivity index (χ1n) is 18.4. The summed E-state index contributed by atoms with van der Waals surface area (Å²) in [5.41, 5.74) is 12.6. The summed E-state index contributed by atoms with van der Waals surface area (Å²) in [6.45, 7) is 20.7. The van der Waals surface area contributed by atoms with Crippen LogP contribution in [0.1, 0.15) is 79.0 Å². The molecular formula is C50H51N. The fraction of sp³-hybridized carbons (Fsp3) is 0.240. The van der Waals surface area contributed by atoms with Gasteiger partial charge in [0.15, 0.2) is 0 Å². The molecule has 0 radical (unpaired) electrons. The fourth-order valence-corrected chi connectivity index (χ4v) is 7.27. The van der Waals surface area contributed by atoms with Gasteiger partial charge in [0.1, 0.15) is 0 Å². The Labute approximate surface area is 305 Å². The lowest BCUT2D eigenvalue weighted by Crippen LogP contribution is -2.16. The molecule has 0 unspecified atom stereocenters. The molecule has 0 aliphatic rings. The maximum Gasteiger partial charge on any atom is 0.0540 e. The number of hydrogen-bond donors (Lipinski definition) is 0. The molecule has 0 saturated heterocycles. The zero-order valence-corrected chi connectivity index (χ0v) is 31.8. The SMILES string of the molecule is CC(C)(C)c1ccc(N(c2ccccc2-c2cccc3cccc(-c4cc(C(C)(C)C)cc(C(C)(C)C)c4)c23)c2cccc3ccccc23)cc1. The molecule has 0 bridgehead atoms. The molecule has 1 nitrogen and oxygen atoms in total. The molecule has 0 amide bonds. The minimum Gasteiger partial charge on any atom is -0.309 e. The summed E-state index contributed by atoms with van der Waals surface area (Å²) in [7, 11) is 0. The molecule has 51 heavy (non-hydrogen) atoms. The van der Waals surface area contributed by atoms with Crippen LogP contribution in [0.4, 0.5) is 17.1 Å². The van der Waals surface area contributed by atoms with E-state index in [9.17, 15) is 0 Å². The summed E-state index contributed by atoms with van der Waals surface area (Å²) in [4.78, 5) is 2.46. The predicted molar refractivity (Wildman–Crippen MR) is 223 cm³/mol. The summed E-state index contributed by atoms with van der Waals surface area (Å²) in [6, 6.07) is 54.3. The number of anilines is 3. The standard InChI is InChI=1S/C50H51N/c1-48(2,3)37-27-29-40(30-28-37)51(45-26-16-18-34-17-10-11-21-41(34)45)46-25-13-12-22-43(46)44-24-15-20-35-19-14-23-42(47(35)44)36-31-38(49(4,5)6)33-39(32-36)50(7,8)9/h10-33H,1-9H3. The van der Waals surface area contributed by atoms with Crippen molar-refractivity contribution in [3.63, 3.8) is 0 Å². The van der Waals surface area contributed by atoms with Crippen molar-refractivity contribution >= 4 is 38.6 Å². The maximum absolute atomic E-state index is 2.46. The number of fused-ring (bicyclic) bond motifs is 2. The second kappa shape index (κ2) is 12.9. The van der Waals surface area contributed by atoms with Crippen molar-refractivity contribution in [2.45, 2.75) is 78.6 Å². The number of rotatable bonds is 5. The Morgan fingerprint density at radius 3 is 1.51 bits per heavy atom. The topological polar surface area (TPSA) is 3.24 Å². The summed E-state index contributed by atoms with van der Waals surface area (Å²) >= 11 is 0. The third-order valence-corrected chi connectivity index (χ3v) is 10.3. The van der Waals surface area contributed by atoms with E-state index >= 15 is 0 Å². The molecule has 0 aromatic heterocycles. The monoisotopic (exact) mass is 665 g/mol. The van der Waals surface area contributed by atoms with Crippen molar-refractivity contribution in [1.29, 1.82) is 0 Å². The molecule has 0 aliphatic heterocycles. The van der Waals surface area contributed by atoms with Gasteiger partial charge in [-0.1, -0.05) is 184 Å². The van der Waals surface area contributed by atoms with Gasteiger partial charge in [0.05, 0.1) is 11.4 Å². The first-order valence-corrected chi connectivity index (χ1v) is 18.4. The first-order chi connectivity index (χ1) is 24.2. The lowest BCUT2D eigenvalue weighted by Gasteiger charge is -2.30. The molecule has 0 heterocycles. The minimum atomic E-state index is 0.0253. The highest BCUT2D eigenvalue weighted by Crippen LogP contribution is 2.47. The highest BCUT2D eigenvalue weighted by molar-refractivity contribution is 6.09. The lowest BCUT2D eigenvalue weighted by molar-refractivity contribution is 0.569. The second-order valence-corrected chi connectivity index (χ2v) is 17.2. The zero-order chi connectivity index (χ0) is 36.1. The highest BCUT2D eigenvalue weighted by Gasteiger charge is 2.24. The highest BCUT2D eigenvalue weighted by atomic mass is 15.1. The third-order valence-electron chi connectivity index (χ3n) is 10.3. The van der Waals surface area contributed by atoms with Gasteiger partial charge in [-0.05, 0) is 90.0 Å². The molecule has 0 spiro atoms. The van der Waals surface area contributed by atoms with E-state index in [2.05, 4.69) is 213 Å². The summed E-state index contributed by atoms with van der Waals surface area (Å²) < 4.78 is 0. The van der Waals surface area contributed by atoms with Crippen molar-refractivity contribution < 1.29 is 0 Å². The van der Waals surface area contributed by atoms with Crippen LogP contribution in [0.25, 0.3) is 43.8 Å². The third kappa shape index (κ3) is 6.71. The van der Waals surface area contributed by atoms with Crippen molar-refractivity contribution in [2.24, 2.45) is 0 Å². The molecule has 0 atom stereocenters. The number of nitrogens with zero attached hydrogens (tertiary/aromatic N) is 1. The average molecular weight is 666 g/mol. The van der Waals surface area contributed by atoms with E-state index in [1.54, 1.807) is 0 Å². The van der Waals surface area contributed by atoms with Gasteiger partial charge in [-0.3, -0.25) is 0 Å². The molecule has 7 aromatic carbocycles. The molecule has 0 saturated carbocycles. The van der Waals surface area contributed by atoms with E-state index in [4.69, 9.17) is 0 Å². The molecule has 0 N–H and O–H groups in total. The quantitative estimate of drug-likeness (QED) is 0.177. The normalized spacial score (nSPS) is 12.4. The molecule has 256 valence electrons. The smallest absolute Gasteiger partial charge is 0.0540 e. The maximum atomic E-state index is 2.46. The van der Waals surface area contributed by atoms with Gasteiger partial charge in [0, 0.05) is 16.6 Å². The number of hydrogen-bond acceptors (Lipinski definition) is 1. The Balaban J connectivity index is 1.51. The Morgan fingerprint density at radius 2 is 0.863 bits per heavy atom. The first kappa shape index (κ1) is 34.3. The Morgan fingerprint density at radius 1 is 0.373 bits per heavy atom. The molecule has 7 aromatic rings. The van der Waals surface area contributed by atoms with Crippen LogP contribution in [0.15, 0.2) is 146 Å². The van der Waals surface area contributed by atoms with Gasteiger partial charge >= 0.3 is 0 Å². The Bertz CT molecular complexity index is 2310. The van der Waals surface area contributed by atoms with Crippen LogP contribution in [0.5, 0.6) is 0 Å². The fourth-order valence-electron chi connectivity index (χ4n) is 7.27. The van der Waals surface area contributed by atoms with E-state index in [0.29, 0.717) is 0 Å². The van der Waals surface area contributed by atoms with Gasteiger partial charge < -0.3 is 4.90 Å². The Kier molecular flexibility index (Phi) is 8.67. The van der Waals surface area contributed by atoms with Crippen LogP contribution >= 0.6 is 0 Å². The predicted octanol–water partition coefficient (Wildman–Crippen LogP) is 14.7. The van der Waals surface area contributed by atoms with Crippen LogP contribution in [0.3, 0.4) is 0 Å². The molecule has 7 rings (SSSR count). The second-order valence-electron chi connectivity index (χ2n) is 17.2. The minimum absolute atomic E-state index is 0.0253. The summed E-state index contributed by atoms with van der Waals surface area (Å²) in [5.74, 6) is 0. The van der Waals surface area contributed by atoms with E-state index in [-0.39, 0.29) is 16.2 Å². The molecular weight excluding hydrogens is 615 g/mol. The van der Waals surface area contributed by atoms with Crippen molar-refractivity contribution in [1.82, 2.24) is 0 Å².